The molecule has 1 aromatic carbocycles. The molecule has 1 aliphatic carbocycles. The van der Waals surface area contributed by atoms with Gasteiger partial charge >= 0.3 is 0 Å². The SMILES string of the molecule is CC1c2cc3c(cc2C2(CCCC2)CN1CCOCC1CCCO1)OCCO3. The summed E-state index contributed by atoms with van der Waals surface area (Å²) in [5, 5.41) is 0. The minimum absolute atomic E-state index is 0.270. The standard InChI is InChI=1S/C23H33NO4/c1-17-19-13-21-22(28-12-11-27-21)14-20(19)23(6-2-3-7-23)16-24(17)8-10-25-15-18-5-4-9-26-18/h13-14,17-18H,2-12,15-16H2,1H3. The number of hydrogen-bond acceptors (Lipinski definition) is 5. The molecule has 1 spiro atoms. The Morgan fingerprint density at radius 1 is 1.07 bits per heavy atom. The van der Waals surface area contributed by atoms with E-state index >= 15 is 0 Å². The molecule has 4 aliphatic rings. The number of benzene rings is 1. The summed E-state index contributed by atoms with van der Waals surface area (Å²) < 4.78 is 23.5. The van der Waals surface area contributed by atoms with Gasteiger partial charge in [0.1, 0.15) is 13.2 Å². The van der Waals surface area contributed by atoms with Gasteiger partial charge in [0, 0.05) is 31.2 Å². The highest BCUT2D eigenvalue weighted by Crippen LogP contribution is 2.51. The summed E-state index contributed by atoms with van der Waals surface area (Å²) in [7, 11) is 0. The van der Waals surface area contributed by atoms with Crippen LogP contribution in [-0.4, -0.2) is 57.1 Å². The Labute approximate surface area is 168 Å². The van der Waals surface area contributed by atoms with Crippen LogP contribution in [0.5, 0.6) is 11.5 Å². The molecule has 0 aromatic heterocycles. The molecule has 2 fully saturated rings. The maximum atomic E-state index is 5.99. The first kappa shape index (κ1) is 18.7. The molecule has 154 valence electrons. The number of hydrogen-bond donors (Lipinski definition) is 0. The van der Waals surface area contributed by atoms with Gasteiger partial charge in [0.25, 0.3) is 0 Å². The molecule has 2 unspecified atom stereocenters. The van der Waals surface area contributed by atoms with Crippen LogP contribution in [0.15, 0.2) is 12.1 Å². The third kappa shape index (κ3) is 3.42. The molecule has 5 heteroatoms. The second-order valence-corrected chi connectivity index (χ2v) is 8.93. The normalized spacial score (nSPS) is 28.6. The van der Waals surface area contributed by atoms with E-state index in [1.54, 1.807) is 0 Å². The highest BCUT2D eigenvalue weighted by atomic mass is 16.6. The lowest BCUT2D eigenvalue weighted by atomic mass is 9.71. The first-order valence-electron chi connectivity index (χ1n) is 11.1. The summed E-state index contributed by atoms with van der Waals surface area (Å²) in [4.78, 5) is 2.62. The monoisotopic (exact) mass is 387 g/mol. The van der Waals surface area contributed by atoms with Gasteiger partial charge in [-0.25, -0.2) is 0 Å². The van der Waals surface area contributed by atoms with Crippen LogP contribution < -0.4 is 9.47 Å². The van der Waals surface area contributed by atoms with Crippen LogP contribution in [0.4, 0.5) is 0 Å². The van der Waals surface area contributed by atoms with Crippen molar-refractivity contribution < 1.29 is 18.9 Å². The van der Waals surface area contributed by atoms with Gasteiger partial charge in [0.05, 0.1) is 19.3 Å². The number of fused-ring (bicyclic) bond motifs is 3. The lowest BCUT2D eigenvalue weighted by Crippen LogP contribution is -2.47. The fraction of sp³-hybridized carbons (Fsp3) is 0.739. The van der Waals surface area contributed by atoms with Crippen molar-refractivity contribution in [3.05, 3.63) is 23.3 Å². The third-order valence-corrected chi connectivity index (χ3v) is 7.20. The molecule has 28 heavy (non-hydrogen) atoms. The van der Waals surface area contributed by atoms with Crippen LogP contribution in [-0.2, 0) is 14.9 Å². The van der Waals surface area contributed by atoms with E-state index in [0.717, 1.165) is 50.8 Å². The van der Waals surface area contributed by atoms with E-state index in [4.69, 9.17) is 18.9 Å². The fourth-order valence-electron chi connectivity index (χ4n) is 5.64. The Bertz CT molecular complexity index is 694. The molecule has 1 saturated carbocycles. The van der Waals surface area contributed by atoms with Crippen LogP contribution in [0, 0.1) is 0 Å². The van der Waals surface area contributed by atoms with Gasteiger partial charge in [0.15, 0.2) is 11.5 Å². The predicted molar refractivity (Wildman–Crippen MR) is 107 cm³/mol. The Morgan fingerprint density at radius 2 is 1.86 bits per heavy atom. The minimum atomic E-state index is 0.270. The van der Waals surface area contributed by atoms with Crippen LogP contribution >= 0.6 is 0 Å². The molecular formula is C23H33NO4. The molecule has 5 nitrogen and oxygen atoms in total. The molecule has 3 aliphatic heterocycles. The molecule has 0 N–H and O–H groups in total. The molecule has 2 atom stereocenters. The van der Waals surface area contributed by atoms with Crippen molar-refractivity contribution >= 4 is 0 Å². The summed E-state index contributed by atoms with van der Waals surface area (Å²) in [5.41, 5.74) is 3.21. The van der Waals surface area contributed by atoms with Crippen molar-refractivity contribution in [1.82, 2.24) is 4.90 Å². The maximum absolute atomic E-state index is 5.99. The van der Waals surface area contributed by atoms with Crippen LogP contribution in [0.2, 0.25) is 0 Å². The van der Waals surface area contributed by atoms with Gasteiger partial charge in [-0.15, -0.1) is 0 Å². The summed E-state index contributed by atoms with van der Waals surface area (Å²) >= 11 is 0. The van der Waals surface area contributed by atoms with E-state index in [-0.39, 0.29) is 5.41 Å². The lowest BCUT2D eigenvalue weighted by molar-refractivity contribution is 0.00318. The number of nitrogens with zero attached hydrogens (tertiary/aromatic N) is 1. The van der Waals surface area contributed by atoms with E-state index in [2.05, 4.69) is 24.0 Å². The van der Waals surface area contributed by atoms with E-state index in [0.29, 0.717) is 25.4 Å². The van der Waals surface area contributed by atoms with Crippen LogP contribution in [0.25, 0.3) is 0 Å². The smallest absolute Gasteiger partial charge is 0.161 e. The van der Waals surface area contributed by atoms with E-state index in [1.807, 2.05) is 0 Å². The van der Waals surface area contributed by atoms with Gasteiger partial charge < -0.3 is 18.9 Å². The van der Waals surface area contributed by atoms with Gasteiger partial charge in [-0.1, -0.05) is 12.8 Å². The van der Waals surface area contributed by atoms with Gasteiger partial charge in [-0.05, 0) is 55.9 Å². The first-order chi connectivity index (χ1) is 13.8. The third-order valence-electron chi connectivity index (χ3n) is 7.20. The molecule has 0 bridgehead atoms. The number of ether oxygens (including phenoxy) is 4. The Balaban J connectivity index is 1.33. The first-order valence-corrected chi connectivity index (χ1v) is 11.1. The minimum Gasteiger partial charge on any atom is -0.486 e. The largest absolute Gasteiger partial charge is 0.486 e. The topological polar surface area (TPSA) is 40.2 Å². The molecule has 5 rings (SSSR count). The molecular weight excluding hydrogens is 354 g/mol. The quantitative estimate of drug-likeness (QED) is 0.718. The molecule has 0 amide bonds. The second-order valence-electron chi connectivity index (χ2n) is 8.93. The summed E-state index contributed by atoms with van der Waals surface area (Å²) in [6, 6.07) is 4.94. The molecule has 3 heterocycles. The average Bonchev–Trinajstić information content (AvgIpc) is 3.41. The van der Waals surface area contributed by atoms with Crippen molar-refractivity contribution in [2.45, 2.75) is 63.0 Å². The second kappa shape index (κ2) is 7.85. The molecule has 1 aromatic rings. The fourth-order valence-corrected chi connectivity index (χ4v) is 5.64. The highest BCUT2D eigenvalue weighted by Gasteiger charge is 2.44. The van der Waals surface area contributed by atoms with Crippen molar-refractivity contribution in [1.29, 1.82) is 0 Å². The van der Waals surface area contributed by atoms with Crippen LogP contribution in [0.3, 0.4) is 0 Å². The zero-order valence-electron chi connectivity index (χ0n) is 17.1. The highest BCUT2D eigenvalue weighted by molar-refractivity contribution is 5.53. The Morgan fingerprint density at radius 3 is 2.61 bits per heavy atom. The zero-order chi connectivity index (χ0) is 19.0. The Hall–Kier alpha value is -1.30. The average molecular weight is 388 g/mol. The van der Waals surface area contributed by atoms with Gasteiger partial charge in [-0.3, -0.25) is 4.90 Å². The summed E-state index contributed by atoms with van der Waals surface area (Å²) in [6.07, 6.45) is 7.83. The van der Waals surface area contributed by atoms with Gasteiger partial charge in [0.2, 0.25) is 0 Å². The van der Waals surface area contributed by atoms with Crippen molar-refractivity contribution in [3.8, 4) is 11.5 Å². The Kier molecular flexibility index (Phi) is 5.24. The van der Waals surface area contributed by atoms with Crippen molar-refractivity contribution in [2.24, 2.45) is 0 Å². The molecule has 1 saturated heterocycles. The summed E-state index contributed by atoms with van der Waals surface area (Å²) in [6.45, 7) is 8.15. The van der Waals surface area contributed by atoms with Crippen molar-refractivity contribution in [3.63, 3.8) is 0 Å². The van der Waals surface area contributed by atoms with E-state index < -0.39 is 0 Å². The van der Waals surface area contributed by atoms with Gasteiger partial charge in [-0.2, -0.15) is 0 Å². The lowest BCUT2D eigenvalue weighted by Gasteiger charge is -2.46. The maximum Gasteiger partial charge on any atom is 0.161 e. The number of rotatable bonds is 5. The van der Waals surface area contributed by atoms with E-state index in [1.165, 1.54) is 43.2 Å². The zero-order valence-corrected chi connectivity index (χ0v) is 17.1. The van der Waals surface area contributed by atoms with Crippen molar-refractivity contribution in [2.75, 3.05) is 46.1 Å². The predicted octanol–water partition coefficient (Wildman–Crippen LogP) is 3.84. The van der Waals surface area contributed by atoms with Crippen LogP contribution in [0.1, 0.15) is 62.6 Å². The van der Waals surface area contributed by atoms with E-state index in [9.17, 15) is 0 Å². The molecule has 0 radical (unpaired) electrons. The summed E-state index contributed by atoms with van der Waals surface area (Å²) in [5.74, 6) is 1.86.